The molecule has 1 N–H and O–H groups in total. The fourth-order valence-corrected chi connectivity index (χ4v) is 2.11. The highest BCUT2D eigenvalue weighted by Gasteiger charge is 2.09. The molecule has 0 aliphatic heterocycles. The topological polar surface area (TPSA) is 50.5 Å². The fraction of sp³-hybridized carbons (Fsp3) is 0.400. The van der Waals surface area contributed by atoms with Gasteiger partial charge in [0.05, 0.1) is 12.6 Å². The molecule has 0 spiro atoms. The van der Waals surface area contributed by atoms with Gasteiger partial charge in [-0.2, -0.15) is 5.10 Å². The number of benzene rings is 1. The van der Waals surface area contributed by atoms with Gasteiger partial charge in [0.25, 0.3) is 0 Å². The van der Waals surface area contributed by atoms with Crippen LogP contribution in [0.2, 0.25) is 5.02 Å². The third-order valence-electron chi connectivity index (χ3n) is 3.03. The van der Waals surface area contributed by atoms with Crippen LogP contribution < -0.4 is 4.74 Å². The predicted molar refractivity (Wildman–Crippen MR) is 82.7 cm³/mol. The lowest BCUT2D eigenvalue weighted by Crippen LogP contribution is -2.34. The first-order valence-corrected chi connectivity index (χ1v) is 7.23. The van der Waals surface area contributed by atoms with Gasteiger partial charge < -0.3 is 14.7 Å². The van der Waals surface area contributed by atoms with Crippen molar-refractivity contribution in [3.8, 4) is 5.75 Å². The van der Waals surface area contributed by atoms with E-state index in [2.05, 4.69) is 5.10 Å². The predicted octanol–water partition coefficient (Wildman–Crippen LogP) is 1.91. The van der Waals surface area contributed by atoms with Gasteiger partial charge in [-0.05, 0) is 37.4 Å². The zero-order chi connectivity index (χ0) is 15.1. The molecule has 0 saturated carbocycles. The number of aliphatic hydroxyl groups excluding tert-OH is 1. The van der Waals surface area contributed by atoms with Crippen LogP contribution in [0.15, 0.2) is 42.7 Å². The van der Waals surface area contributed by atoms with Gasteiger partial charge in [-0.3, -0.25) is 4.68 Å². The molecule has 1 heterocycles. The highest BCUT2D eigenvalue weighted by Crippen LogP contribution is 2.15. The van der Waals surface area contributed by atoms with E-state index in [9.17, 15) is 5.11 Å². The van der Waals surface area contributed by atoms with E-state index in [4.69, 9.17) is 16.3 Å². The monoisotopic (exact) mass is 309 g/mol. The Bertz CT molecular complexity index is 516. The summed E-state index contributed by atoms with van der Waals surface area (Å²) in [5, 5.41) is 14.8. The molecule has 1 aromatic heterocycles. The maximum atomic E-state index is 9.98. The summed E-state index contributed by atoms with van der Waals surface area (Å²) in [6.07, 6.45) is 3.09. The summed E-state index contributed by atoms with van der Waals surface area (Å²) in [6, 6.07) is 9.13. The maximum absolute atomic E-state index is 9.98. The van der Waals surface area contributed by atoms with Gasteiger partial charge >= 0.3 is 0 Å². The Morgan fingerprint density at radius 1 is 1.38 bits per heavy atom. The van der Waals surface area contributed by atoms with E-state index in [1.807, 2.05) is 36.3 Å². The van der Waals surface area contributed by atoms with Crippen LogP contribution in [-0.4, -0.2) is 52.6 Å². The number of ether oxygens (including phenoxy) is 1. The molecule has 0 radical (unpaired) electrons. The van der Waals surface area contributed by atoms with Crippen molar-refractivity contribution < 1.29 is 9.84 Å². The van der Waals surface area contributed by atoms with Crippen molar-refractivity contribution in [2.75, 3.05) is 26.7 Å². The quantitative estimate of drug-likeness (QED) is 0.809. The summed E-state index contributed by atoms with van der Waals surface area (Å²) in [6.45, 7) is 2.37. The SMILES string of the molecule is CN(CCOc1ccc(Cl)cc1)C[C@@H](O)Cn1cccn1. The molecule has 0 unspecified atom stereocenters. The van der Waals surface area contributed by atoms with Crippen molar-refractivity contribution in [2.45, 2.75) is 12.6 Å². The Balaban J connectivity index is 1.65. The second kappa shape index (κ2) is 8.02. The third kappa shape index (κ3) is 5.75. The summed E-state index contributed by atoms with van der Waals surface area (Å²) < 4.78 is 7.34. The van der Waals surface area contributed by atoms with E-state index < -0.39 is 6.10 Å². The van der Waals surface area contributed by atoms with Crippen LogP contribution in [0.4, 0.5) is 0 Å². The summed E-state index contributed by atoms with van der Waals surface area (Å²) in [4.78, 5) is 2.03. The van der Waals surface area contributed by atoms with Crippen LogP contribution in [0.1, 0.15) is 0 Å². The van der Waals surface area contributed by atoms with E-state index in [0.29, 0.717) is 24.7 Å². The molecule has 114 valence electrons. The van der Waals surface area contributed by atoms with Crippen molar-refractivity contribution in [3.63, 3.8) is 0 Å². The van der Waals surface area contributed by atoms with Crippen molar-refractivity contribution in [1.29, 1.82) is 0 Å². The minimum atomic E-state index is -0.453. The molecular formula is C15H20ClN3O2. The maximum Gasteiger partial charge on any atom is 0.119 e. The average molecular weight is 310 g/mol. The van der Waals surface area contributed by atoms with E-state index in [0.717, 1.165) is 12.3 Å². The van der Waals surface area contributed by atoms with Gasteiger partial charge in [0.15, 0.2) is 0 Å². The van der Waals surface area contributed by atoms with Crippen LogP contribution in [0.3, 0.4) is 0 Å². The number of hydrogen-bond acceptors (Lipinski definition) is 4. The molecule has 0 aliphatic carbocycles. The number of aliphatic hydroxyl groups is 1. The Kier molecular flexibility index (Phi) is 6.04. The fourth-order valence-electron chi connectivity index (χ4n) is 1.98. The molecule has 0 aliphatic rings. The smallest absolute Gasteiger partial charge is 0.119 e. The highest BCUT2D eigenvalue weighted by atomic mass is 35.5. The summed E-state index contributed by atoms with van der Waals surface area (Å²) >= 11 is 5.81. The molecule has 6 heteroatoms. The van der Waals surface area contributed by atoms with Crippen molar-refractivity contribution in [2.24, 2.45) is 0 Å². The Morgan fingerprint density at radius 3 is 2.81 bits per heavy atom. The molecule has 2 aromatic rings. The van der Waals surface area contributed by atoms with Gasteiger partial charge in [-0.25, -0.2) is 0 Å². The zero-order valence-corrected chi connectivity index (χ0v) is 12.8. The van der Waals surface area contributed by atoms with Gasteiger partial charge in [0.2, 0.25) is 0 Å². The minimum absolute atomic E-state index is 0.453. The lowest BCUT2D eigenvalue weighted by Gasteiger charge is -2.20. The van der Waals surface area contributed by atoms with Gasteiger partial charge in [0.1, 0.15) is 12.4 Å². The number of halogens is 1. The number of aromatic nitrogens is 2. The van der Waals surface area contributed by atoms with E-state index in [-0.39, 0.29) is 0 Å². The molecule has 5 nitrogen and oxygen atoms in total. The molecule has 0 bridgehead atoms. The first-order chi connectivity index (χ1) is 10.1. The molecule has 1 aromatic carbocycles. The number of rotatable bonds is 8. The van der Waals surface area contributed by atoms with E-state index >= 15 is 0 Å². The molecule has 2 rings (SSSR count). The first-order valence-electron chi connectivity index (χ1n) is 6.86. The zero-order valence-electron chi connectivity index (χ0n) is 12.0. The normalized spacial score (nSPS) is 12.6. The second-order valence-electron chi connectivity index (χ2n) is 4.95. The van der Waals surface area contributed by atoms with E-state index in [1.54, 1.807) is 23.0 Å². The van der Waals surface area contributed by atoms with Crippen LogP contribution in [-0.2, 0) is 6.54 Å². The van der Waals surface area contributed by atoms with Crippen LogP contribution >= 0.6 is 11.6 Å². The van der Waals surface area contributed by atoms with Gasteiger partial charge in [0, 0.05) is 30.5 Å². The number of hydrogen-bond donors (Lipinski definition) is 1. The minimum Gasteiger partial charge on any atom is -0.492 e. The van der Waals surface area contributed by atoms with Crippen LogP contribution in [0, 0.1) is 0 Å². The summed E-state index contributed by atoms with van der Waals surface area (Å²) in [5.74, 6) is 0.796. The standard InChI is InChI=1S/C15H20ClN3O2/c1-18(11-14(20)12-19-8-2-7-17-19)9-10-21-15-5-3-13(16)4-6-15/h2-8,14,20H,9-12H2,1H3/t14-/m1/s1. The number of likely N-dealkylation sites (N-methyl/N-ethyl adjacent to an activating group) is 1. The molecule has 1 atom stereocenters. The van der Waals surface area contributed by atoms with Gasteiger partial charge in [-0.1, -0.05) is 11.6 Å². The van der Waals surface area contributed by atoms with Crippen molar-refractivity contribution >= 4 is 11.6 Å². The summed E-state index contributed by atoms with van der Waals surface area (Å²) in [5.41, 5.74) is 0. The molecule has 0 fully saturated rings. The Hall–Kier alpha value is -1.56. The molecule has 0 amide bonds. The average Bonchev–Trinajstić information content (AvgIpc) is 2.93. The molecular weight excluding hydrogens is 290 g/mol. The Labute approximate surface area is 129 Å². The first kappa shape index (κ1) is 15.8. The van der Waals surface area contributed by atoms with Crippen molar-refractivity contribution in [3.05, 3.63) is 47.7 Å². The van der Waals surface area contributed by atoms with Gasteiger partial charge in [-0.15, -0.1) is 0 Å². The molecule has 0 saturated heterocycles. The lowest BCUT2D eigenvalue weighted by atomic mass is 10.3. The van der Waals surface area contributed by atoms with Crippen LogP contribution in [0.5, 0.6) is 5.75 Å². The molecule has 21 heavy (non-hydrogen) atoms. The van der Waals surface area contributed by atoms with E-state index in [1.165, 1.54) is 0 Å². The Morgan fingerprint density at radius 2 is 2.14 bits per heavy atom. The lowest BCUT2D eigenvalue weighted by molar-refractivity contribution is 0.0995. The third-order valence-corrected chi connectivity index (χ3v) is 3.29. The van der Waals surface area contributed by atoms with Crippen LogP contribution in [0.25, 0.3) is 0 Å². The number of nitrogens with zero attached hydrogens (tertiary/aromatic N) is 3. The largest absolute Gasteiger partial charge is 0.492 e. The summed E-state index contributed by atoms with van der Waals surface area (Å²) in [7, 11) is 1.96. The van der Waals surface area contributed by atoms with Crippen molar-refractivity contribution in [1.82, 2.24) is 14.7 Å². The highest BCUT2D eigenvalue weighted by molar-refractivity contribution is 6.30. The second-order valence-corrected chi connectivity index (χ2v) is 5.38.